The summed E-state index contributed by atoms with van der Waals surface area (Å²) >= 11 is 0. The quantitative estimate of drug-likeness (QED) is 0.768. The van der Waals surface area contributed by atoms with Crippen LogP contribution in [0, 0.1) is 0 Å². The molecule has 0 aromatic heterocycles. The zero-order valence-electron chi connectivity index (χ0n) is 8.82. The first-order valence-electron chi connectivity index (χ1n) is 5.23. The molecule has 1 unspecified atom stereocenters. The van der Waals surface area contributed by atoms with Gasteiger partial charge in [-0.3, -0.25) is 4.79 Å². The fourth-order valence-electron chi connectivity index (χ4n) is 1.96. The second-order valence-corrected chi connectivity index (χ2v) is 3.79. The van der Waals surface area contributed by atoms with Crippen molar-refractivity contribution >= 4 is 11.7 Å². The Hall–Kier alpha value is -1.51. The molecular formula is C12H15NO2. The predicted octanol–water partition coefficient (Wildman–Crippen LogP) is 2.15. The molecule has 0 spiro atoms. The van der Waals surface area contributed by atoms with E-state index in [4.69, 9.17) is 4.74 Å². The number of anilines is 1. The van der Waals surface area contributed by atoms with Crippen LogP contribution >= 0.6 is 0 Å². The molecule has 0 saturated heterocycles. The topological polar surface area (TPSA) is 38.3 Å². The molecule has 15 heavy (non-hydrogen) atoms. The smallest absolute Gasteiger partial charge is 0.302 e. The Morgan fingerprint density at radius 3 is 3.13 bits per heavy atom. The first-order chi connectivity index (χ1) is 7.27. The summed E-state index contributed by atoms with van der Waals surface area (Å²) < 4.78 is 4.95. The Morgan fingerprint density at radius 2 is 2.33 bits per heavy atom. The molecule has 0 fully saturated rings. The highest BCUT2D eigenvalue weighted by molar-refractivity contribution is 5.65. The van der Waals surface area contributed by atoms with Gasteiger partial charge in [-0.05, 0) is 18.1 Å². The summed E-state index contributed by atoms with van der Waals surface area (Å²) in [5.41, 5.74) is 2.55. The highest BCUT2D eigenvalue weighted by atomic mass is 16.5. The van der Waals surface area contributed by atoms with Crippen LogP contribution in [0.2, 0.25) is 0 Å². The highest BCUT2D eigenvalue weighted by Crippen LogP contribution is 2.32. The molecular weight excluding hydrogens is 190 g/mol. The summed E-state index contributed by atoms with van der Waals surface area (Å²) in [6.45, 7) is 2.90. The second kappa shape index (κ2) is 4.34. The number of fused-ring (bicyclic) bond motifs is 1. The van der Waals surface area contributed by atoms with E-state index in [9.17, 15) is 4.79 Å². The normalized spacial score (nSPS) is 18.1. The Kier molecular flexibility index (Phi) is 2.90. The van der Waals surface area contributed by atoms with E-state index < -0.39 is 0 Å². The van der Waals surface area contributed by atoms with Gasteiger partial charge in [-0.2, -0.15) is 0 Å². The summed E-state index contributed by atoms with van der Waals surface area (Å²) in [4.78, 5) is 10.6. The van der Waals surface area contributed by atoms with Crippen molar-refractivity contribution in [2.24, 2.45) is 0 Å². The number of rotatable bonds is 3. The van der Waals surface area contributed by atoms with Gasteiger partial charge in [-0.25, -0.2) is 0 Å². The average Bonchev–Trinajstić information content (AvgIpc) is 2.62. The Bertz CT molecular complexity index is 362. The first-order valence-corrected chi connectivity index (χ1v) is 5.23. The SMILES string of the molecule is CC(=O)OCCC1CNc2ccccc21. The lowest BCUT2D eigenvalue weighted by Gasteiger charge is -2.09. The molecule has 1 aliphatic heterocycles. The minimum atomic E-state index is -0.200. The third kappa shape index (κ3) is 2.29. The predicted molar refractivity (Wildman–Crippen MR) is 58.9 cm³/mol. The standard InChI is InChI=1S/C12H15NO2/c1-9(14)15-7-6-10-8-13-12-5-3-2-4-11(10)12/h2-5,10,13H,6-8H2,1H3. The zero-order chi connectivity index (χ0) is 10.7. The van der Waals surface area contributed by atoms with E-state index in [1.807, 2.05) is 12.1 Å². The van der Waals surface area contributed by atoms with Crippen molar-refractivity contribution in [1.82, 2.24) is 0 Å². The van der Waals surface area contributed by atoms with E-state index >= 15 is 0 Å². The van der Waals surface area contributed by atoms with E-state index in [0.29, 0.717) is 12.5 Å². The molecule has 0 bridgehead atoms. The molecule has 0 saturated carbocycles. The van der Waals surface area contributed by atoms with Gasteiger partial charge in [0.25, 0.3) is 0 Å². The molecule has 80 valence electrons. The molecule has 0 aliphatic carbocycles. The second-order valence-electron chi connectivity index (χ2n) is 3.79. The van der Waals surface area contributed by atoms with Gasteiger partial charge < -0.3 is 10.1 Å². The van der Waals surface area contributed by atoms with Gasteiger partial charge in [-0.1, -0.05) is 18.2 Å². The van der Waals surface area contributed by atoms with Crippen LogP contribution in [0.25, 0.3) is 0 Å². The van der Waals surface area contributed by atoms with Gasteiger partial charge in [0.15, 0.2) is 0 Å². The minimum Gasteiger partial charge on any atom is -0.466 e. The number of ether oxygens (including phenoxy) is 1. The van der Waals surface area contributed by atoms with Crippen LogP contribution in [-0.2, 0) is 9.53 Å². The summed E-state index contributed by atoms with van der Waals surface area (Å²) in [5.74, 6) is 0.273. The average molecular weight is 205 g/mol. The number of carbonyl (C=O) groups excluding carboxylic acids is 1. The molecule has 3 heteroatoms. The summed E-state index contributed by atoms with van der Waals surface area (Å²) in [5, 5.41) is 3.35. The van der Waals surface area contributed by atoms with Crippen LogP contribution in [0.3, 0.4) is 0 Å². The number of hydrogen-bond donors (Lipinski definition) is 1. The largest absolute Gasteiger partial charge is 0.466 e. The summed E-state index contributed by atoms with van der Waals surface area (Å²) in [6, 6.07) is 8.29. The molecule has 1 aromatic carbocycles. The van der Waals surface area contributed by atoms with Gasteiger partial charge in [0.05, 0.1) is 6.61 Å². The molecule has 1 aromatic rings. The van der Waals surface area contributed by atoms with Gasteiger partial charge in [0.2, 0.25) is 0 Å². The molecule has 0 radical (unpaired) electrons. The van der Waals surface area contributed by atoms with Crippen molar-refractivity contribution in [3.8, 4) is 0 Å². The third-order valence-electron chi connectivity index (χ3n) is 2.71. The minimum absolute atomic E-state index is 0.200. The van der Waals surface area contributed by atoms with Crippen LogP contribution in [0.15, 0.2) is 24.3 Å². The Morgan fingerprint density at radius 1 is 1.53 bits per heavy atom. The van der Waals surface area contributed by atoms with Crippen LogP contribution in [0.4, 0.5) is 5.69 Å². The number of carbonyl (C=O) groups is 1. The fraction of sp³-hybridized carbons (Fsp3) is 0.417. The molecule has 1 N–H and O–H groups in total. The van der Waals surface area contributed by atoms with Crippen LogP contribution in [-0.4, -0.2) is 19.1 Å². The maximum atomic E-state index is 10.6. The lowest BCUT2D eigenvalue weighted by molar-refractivity contribution is -0.141. The van der Waals surface area contributed by atoms with Gasteiger partial charge in [0.1, 0.15) is 0 Å². The monoisotopic (exact) mass is 205 g/mol. The Labute approximate surface area is 89.4 Å². The molecule has 3 nitrogen and oxygen atoms in total. The van der Waals surface area contributed by atoms with Crippen molar-refractivity contribution in [2.75, 3.05) is 18.5 Å². The van der Waals surface area contributed by atoms with Gasteiger partial charge >= 0.3 is 5.97 Å². The first kappa shape index (κ1) is 10.0. The van der Waals surface area contributed by atoms with Crippen LogP contribution in [0.5, 0.6) is 0 Å². The number of benzene rings is 1. The Balaban J connectivity index is 1.93. The van der Waals surface area contributed by atoms with Crippen molar-refractivity contribution in [1.29, 1.82) is 0 Å². The summed E-state index contributed by atoms with van der Waals surface area (Å²) in [6.07, 6.45) is 0.892. The zero-order valence-corrected chi connectivity index (χ0v) is 8.82. The maximum absolute atomic E-state index is 10.6. The third-order valence-corrected chi connectivity index (χ3v) is 2.71. The van der Waals surface area contributed by atoms with Crippen molar-refractivity contribution < 1.29 is 9.53 Å². The van der Waals surface area contributed by atoms with Crippen LogP contribution < -0.4 is 5.32 Å². The summed E-state index contributed by atoms with van der Waals surface area (Å²) in [7, 11) is 0. The van der Waals surface area contributed by atoms with Crippen LogP contribution in [0.1, 0.15) is 24.8 Å². The van der Waals surface area contributed by atoms with E-state index in [1.165, 1.54) is 18.2 Å². The van der Waals surface area contributed by atoms with Crippen molar-refractivity contribution in [2.45, 2.75) is 19.3 Å². The molecule has 2 rings (SSSR count). The van der Waals surface area contributed by atoms with Gasteiger partial charge in [-0.15, -0.1) is 0 Å². The molecule has 1 atom stereocenters. The lowest BCUT2D eigenvalue weighted by Crippen LogP contribution is -2.08. The van der Waals surface area contributed by atoms with Crippen molar-refractivity contribution in [3.63, 3.8) is 0 Å². The number of para-hydroxylation sites is 1. The maximum Gasteiger partial charge on any atom is 0.302 e. The fourth-order valence-corrected chi connectivity index (χ4v) is 1.96. The molecule has 1 heterocycles. The van der Waals surface area contributed by atoms with Crippen molar-refractivity contribution in [3.05, 3.63) is 29.8 Å². The number of esters is 1. The number of hydrogen-bond acceptors (Lipinski definition) is 3. The highest BCUT2D eigenvalue weighted by Gasteiger charge is 2.21. The van der Waals surface area contributed by atoms with E-state index in [0.717, 1.165) is 13.0 Å². The van der Waals surface area contributed by atoms with E-state index in [-0.39, 0.29) is 5.97 Å². The molecule has 0 amide bonds. The van der Waals surface area contributed by atoms with E-state index in [2.05, 4.69) is 17.4 Å². The van der Waals surface area contributed by atoms with Gasteiger partial charge in [0, 0.05) is 25.1 Å². The molecule has 1 aliphatic rings. The van der Waals surface area contributed by atoms with E-state index in [1.54, 1.807) is 0 Å². The number of nitrogens with one attached hydrogen (secondary N) is 1. The lowest BCUT2D eigenvalue weighted by atomic mass is 9.98.